The van der Waals surface area contributed by atoms with Crippen molar-refractivity contribution in [1.82, 2.24) is 20.4 Å². The van der Waals surface area contributed by atoms with E-state index in [0.717, 1.165) is 25.7 Å². The Morgan fingerprint density at radius 3 is 2.61 bits per heavy atom. The normalized spacial score (nSPS) is 14.6. The smallest absolute Gasteiger partial charge is 0.273 e. The van der Waals surface area contributed by atoms with E-state index in [9.17, 15) is 9.59 Å². The monoisotopic (exact) mass is 452 g/mol. The molecule has 33 heavy (non-hydrogen) atoms. The summed E-state index contributed by atoms with van der Waals surface area (Å²) < 4.78 is 16.3. The van der Waals surface area contributed by atoms with Crippen molar-refractivity contribution < 1.29 is 23.5 Å². The highest BCUT2D eigenvalue weighted by Crippen LogP contribution is 2.34. The van der Waals surface area contributed by atoms with Gasteiger partial charge in [0.15, 0.2) is 11.5 Å². The molecule has 0 bridgehead atoms. The molecule has 1 fully saturated rings. The number of benzene rings is 1. The van der Waals surface area contributed by atoms with Gasteiger partial charge >= 0.3 is 0 Å². The molecule has 1 saturated carbocycles. The number of aromatic amines is 1. The van der Waals surface area contributed by atoms with Gasteiger partial charge in [-0.05, 0) is 48.7 Å². The quantitative estimate of drug-likeness (QED) is 0.515. The van der Waals surface area contributed by atoms with Crippen molar-refractivity contribution in [2.24, 2.45) is 0 Å². The van der Waals surface area contributed by atoms with Crippen LogP contribution in [0.25, 0.3) is 0 Å². The van der Waals surface area contributed by atoms with E-state index in [1.165, 1.54) is 24.5 Å². The first kappa shape index (κ1) is 22.4. The van der Waals surface area contributed by atoms with Crippen LogP contribution in [0.3, 0.4) is 0 Å². The minimum absolute atomic E-state index is 0.0906. The third-order valence-electron chi connectivity index (χ3n) is 5.88. The summed E-state index contributed by atoms with van der Waals surface area (Å²) in [6.07, 6.45) is 7.05. The molecular weight excluding hydrogens is 424 g/mol. The minimum Gasteiger partial charge on any atom is -0.493 e. The molecule has 2 heterocycles. The van der Waals surface area contributed by atoms with Crippen LogP contribution >= 0.6 is 0 Å². The number of hydrogen-bond donors (Lipinski definition) is 2. The van der Waals surface area contributed by atoms with E-state index in [0.29, 0.717) is 22.8 Å². The Morgan fingerprint density at radius 1 is 1.18 bits per heavy atom. The second-order valence-electron chi connectivity index (χ2n) is 7.99. The lowest BCUT2D eigenvalue weighted by atomic mass is 10.0. The second-order valence-corrected chi connectivity index (χ2v) is 7.99. The van der Waals surface area contributed by atoms with Crippen molar-refractivity contribution in [3.8, 4) is 11.5 Å². The van der Waals surface area contributed by atoms with Gasteiger partial charge in [0.25, 0.3) is 5.91 Å². The first-order chi connectivity index (χ1) is 16.1. The molecular formula is C24H28N4O5. The zero-order chi connectivity index (χ0) is 23.2. The van der Waals surface area contributed by atoms with E-state index >= 15 is 0 Å². The van der Waals surface area contributed by atoms with E-state index in [1.807, 2.05) is 0 Å². The number of methoxy groups -OCH3 is 2. The number of rotatable bonds is 9. The van der Waals surface area contributed by atoms with Gasteiger partial charge < -0.3 is 24.1 Å². The average molecular weight is 453 g/mol. The van der Waals surface area contributed by atoms with Crippen molar-refractivity contribution in [3.63, 3.8) is 0 Å². The zero-order valence-electron chi connectivity index (χ0n) is 18.7. The van der Waals surface area contributed by atoms with Crippen LogP contribution in [0.5, 0.6) is 11.5 Å². The van der Waals surface area contributed by atoms with Gasteiger partial charge in [-0.2, -0.15) is 5.10 Å². The molecule has 0 saturated heterocycles. The molecule has 1 atom stereocenters. The van der Waals surface area contributed by atoms with Gasteiger partial charge in [0.2, 0.25) is 5.91 Å². The van der Waals surface area contributed by atoms with Crippen LogP contribution in [0.1, 0.15) is 53.5 Å². The fourth-order valence-electron chi connectivity index (χ4n) is 4.23. The number of nitrogens with one attached hydrogen (secondary N) is 2. The van der Waals surface area contributed by atoms with Gasteiger partial charge in [0, 0.05) is 12.2 Å². The number of hydrogen-bond acceptors (Lipinski definition) is 6. The SMILES string of the molecule is COc1ccc(C(C(=O)NC2CCCC2)N(Cc2ccco2)C(=O)c2ccn[nH]2)cc1OC. The number of amides is 2. The van der Waals surface area contributed by atoms with Gasteiger partial charge in [0.1, 0.15) is 17.5 Å². The lowest BCUT2D eigenvalue weighted by molar-refractivity contribution is -0.126. The van der Waals surface area contributed by atoms with Gasteiger partial charge in [0.05, 0.1) is 27.0 Å². The van der Waals surface area contributed by atoms with Gasteiger partial charge in [-0.15, -0.1) is 0 Å². The van der Waals surface area contributed by atoms with Crippen LogP contribution in [0.2, 0.25) is 0 Å². The van der Waals surface area contributed by atoms with Crippen LogP contribution < -0.4 is 14.8 Å². The fourth-order valence-corrected chi connectivity index (χ4v) is 4.23. The average Bonchev–Trinajstić information content (AvgIpc) is 3.62. The zero-order valence-corrected chi connectivity index (χ0v) is 18.7. The van der Waals surface area contributed by atoms with E-state index in [4.69, 9.17) is 13.9 Å². The lowest BCUT2D eigenvalue weighted by Crippen LogP contribution is -2.46. The molecule has 174 valence electrons. The number of nitrogens with zero attached hydrogens (tertiary/aromatic N) is 2. The third kappa shape index (κ3) is 5.02. The molecule has 3 aromatic rings. The van der Waals surface area contributed by atoms with Crippen LogP contribution in [0, 0.1) is 0 Å². The Balaban J connectivity index is 1.76. The molecule has 0 aliphatic heterocycles. The van der Waals surface area contributed by atoms with Crippen LogP contribution in [-0.2, 0) is 11.3 Å². The Hall–Kier alpha value is -3.75. The third-order valence-corrected chi connectivity index (χ3v) is 5.88. The molecule has 1 aliphatic carbocycles. The summed E-state index contributed by atoms with van der Waals surface area (Å²) >= 11 is 0. The highest BCUT2D eigenvalue weighted by molar-refractivity contribution is 5.96. The first-order valence-corrected chi connectivity index (χ1v) is 11.0. The summed E-state index contributed by atoms with van der Waals surface area (Å²) in [5.41, 5.74) is 0.878. The molecule has 9 heteroatoms. The lowest BCUT2D eigenvalue weighted by Gasteiger charge is -2.31. The largest absolute Gasteiger partial charge is 0.493 e. The maximum atomic E-state index is 13.7. The second kappa shape index (κ2) is 10.2. The highest BCUT2D eigenvalue weighted by atomic mass is 16.5. The predicted octanol–water partition coefficient (Wildman–Crippen LogP) is 3.46. The van der Waals surface area contributed by atoms with Crippen molar-refractivity contribution >= 4 is 11.8 Å². The van der Waals surface area contributed by atoms with Gasteiger partial charge in [-0.1, -0.05) is 18.9 Å². The molecule has 0 radical (unpaired) electrons. The number of H-pyrrole nitrogens is 1. The molecule has 2 aromatic heterocycles. The Kier molecular flexibility index (Phi) is 6.97. The summed E-state index contributed by atoms with van der Waals surface area (Å²) in [5.74, 6) is 0.940. The molecule has 2 N–H and O–H groups in total. The maximum absolute atomic E-state index is 13.7. The summed E-state index contributed by atoms with van der Waals surface area (Å²) in [7, 11) is 3.08. The summed E-state index contributed by atoms with van der Waals surface area (Å²) in [6.45, 7) is 0.0992. The predicted molar refractivity (Wildman–Crippen MR) is 120 cm³/mol. The van der Waals surface area contributed by atoms with Crippen molar-refractivity contribution in [2.45, 2.75) is 44.3 Å². The molecule has 1 aliphatic rings. The first-order valence-electron chi connectivity index (χ1n) is 11.0. The van der Waals surface area contributed by atoms with Gasteiger partial charge in [-0.25, -0.2) is 0 Å². The summed E-state index contributed by atoms with van der Waals surface area (Å²) in [4.78, 5) is 28.7. The summed E-state index contributed by atoms with van der Waals surface area (Å²) in [5, 5.41) is 9.75. The number of aromatic nitrogens is 2. The topological polar surface area (TPSA) is 110 Å². The maximum Gasteiger partial charge on any atom is 0.273 e. The molecule has 0 spiro atoms. The molecule has 4 rings (SSSR count). The molecule has 9 nitrogen and oxygen atoms in total. The Morgan fingerprint density at radius 2 is 1.97 bits per heavy atom. The van der Waals surface area contributed by atoms with Crippen molar-refractivity contribution in [3.05, 3.63) is 65.9 Å². The highest BCUT2D eigenvalue weighted by Gasteiger charge is 2.35. The fraction of sp³-hybridized carbons (Fsp3) is 0.375. The molecule has 1 aromatic carbocycles. The van der Waals surface area contributed by atoms with Crippen molar-refractivity contribution in [1.29, 1.82) is 0 Å². The number of ether oxygens (including phenoxy) is 2. The Labute approximate surface area is 192 Å². The minimum atomic E-state index is -0.925. The van der Waals surface area contributed by atoms with Crippen molar-refractivity contribution in [2.75, 3.05) is 14.2 Å². The Bertz CT molecular complexity index is 1060. The number of furan rings is 1. The summed E-state index contributed by atoms with van der Waals surface area (Å²) in [6, 6.07) is 9.50. The number of carbonyl (C=O) groups is 2. The molecule has 2 amide bonds. The van der Waals surface area contributed by atoms with Crippen LogP contribution in [-0.4, -0.2) is 47.2 Å². The van der Waals surface area contributed by atoms with E-state index in [-0.39, 0.29) is 30.1 Å². The number of carbonyl (C=O) groups excluding carboxylic acids is 2. The standard InChI is InChI=1S/C24H28N4O5/c1-31-20-10-9-16(14-21(20)32-2)22(23(29)26-17-6-3-4-7-17)28(15-18-8-5-13-33-18)24(30)19-11-12-25-27-19/h5,8-14,17,22H,3-4,6-7,15H2,1-2H3,(H,25,27)(H,26,29). The van der Waals surface area contributed by atoms with E-state index < -0.39 is 6.04 Å². The van der Waals surface area contributed by atoms with Crippen LogP contribution in [0.4, 0.5) is 0 Å². The van der Waals surface area contributed by atoms with E-state index in [1.54, 1.807) is 43.5 Å². The van der Waals surface area contributed by atoms with E-state index in [2.05, 4.69) is 15.5 Å². The van der Waals surface area contributed by atoms with Crippen LogP contribution in [0.15, 0.2) is 53.3 Å². The molecule has 1 unspecified atom stereocenters. The van der Waals surface area contributed by atoms with Gasteiger partial charge in [-0.3, -0.25) is 14.7 Å².